The second kappa shape index (κ2) is 5.62. The molecule has 106 valence electrons. The summed E-state index contributed by atoms with van der Waals surface area (Å²) in [4.78, 5) is 26.3. The van der Waals surface area contributed by atoms with Crippen LogP contribution in [0.4, 0.5) is 5.69 Å². The number of nitrogens with zero attached hydrogens (tertiary/aromatic N) is 1. The van der Waals surface area contributed by atoms with Crippen molar-refractivity contribution in [2.45, 2.75) is 6.42 Å². The molecule has 1 amide bonds. The van der Waals surface area contributed by atoms with E-state index in [2.05, 4.69) is 15.9 Å². The smallest absolute Gasteiger partial charge is 0.259 e. The summed E-state index contributed by atoms with van der Waals surface area (Å²) in [5.74, 6) is -0.128. The van der Waals surface area contributed by atoms with Crippen LogP contribution in [0.3, 0.4) is 0 Å². The lowest BCUT2D eigenvalue weighted by Crippen LogP contribution is -2.37. The maximum absolute atomic E-state index is 12.8. The molecule has 5 heteroatoms. The van der Waals surface area contributed by atoms with Crippen LogP contribution in [0.2, 0.25) is 5.02 Å². The summed E-state index contributed by atoms with van der Waals surface area (Å²) in [7, 11) is 0. The summed E-state index contributed by atoms with van der Waals surface area (Å²) in [6, 6.07) is 12.3. The highest BCUT2D eigenvalue weighted by atomic mass is 79.9. The molecule has 0 saturated carbocycles. The van der Waals surface area contributed by atoms with Crippen LogP contribution in [0.5, 0.6) is 0 Å². The van der Waals surface area contributed by atoms with Gasteiger partial charge in [-0.3, -0.25) is 9.59 Å². The predicted octanol–water partition coefficient (Wildman–Crippen LogP) is 4.34. The molecule has 1 aliphatic heterocycles. The highest BCUT2D eigenvalue weighted by Gasteiger charge is 2.28. The Morgan fingerprint density at radius 2 is 1.95 bits per heavy atom. The first-order valence-electron chi connectivity index (χ1n) is 6.47. The molecule has 1 aliphatic rings. The molecule has 0 N–H and O–H groups in total. The number of fused-ring (bicyclic) bond motifs is 1. The van der Waals surface area contributed by atoms with E-state index in [1.54, 1.807) is 41.3 Å². The number of anilines is 1. The number of carbonyl (C=O) groups is 2. The number of benzene rings is 2. The van der Waals surface area contributed by atoms with E-state index >= 15 is 0 Å². The Morgan fingerprint density at radius 1 is 1.19 bits per heavy atom. The molecule has 0 fully saturated rings. The first-order valence-corrected chi connectivity index (χ1v) is 7.64. The second-order valence-corrected chi connectivity index (χ2v) is 6.09. The van der Waals surface area contributed by atoms with Crippen LogP contribution in [0.1, 0.15) is 27.1 Å². The average Bonchev–Trinajstić information content (AvgIpc) is 2.50. The molecule has 0 atom stereocenters. The average molecular weight is 365 g/mol. The van der Waals surface area contributed by atoms with Crippen molar-refractivity contribution in [2.75, 3.05) is 11.4 Å². The van der Waals surface area contributed by atoms with Gasteiger partial charge in [-0.05, 0) is 30.3 Å². The van der Waals surface area contributed by atoms with Gasteiger partial charge in [0, 0.05) is 23.0 Å². The zero-order chi connectivity index (χ0) is 15.0. The number of hydrogen-bond donors (Lipinski definition) is 0. The minimum atomic E-state index is -0.193. The molecule has 2 aromatic rings. The van der Waals surface area contributed by atoms with E-state index in [0.29, 0.717) is 34.8 Å². The van der Waals surface area contributed by atoms with Crippen LogP contribution in [-0.4, -0.2) is 18.2 Å². The topological polar surface area (TPSA) is 37.4 Å². The first-order chi connectivity index (χ1) is 10.1. The molecule has 0 unspecified atom stereocenters. The number of para-hydroxylation sites is 1. The Bertz CT molecular complexity index is 745. The van der Waals surface area contributed by atoms with Gasteiger partial charge in [0.25, 0.3) is 5.91 Å². The molecular weight excluding hydrogens is 354 g/mol. The highest BCUT2D eigenvalue weighted by molar-refractivity contribution is 9.10. The maximum atomic E-state index is 12.8. The standard InChI is InChI=1S/C16H11BrClNO2/c17-10-5-6-13(18)12(9-10)16(21)19-8-7-15(20)11-3-1-2-4-14(11)19/h1-6,9H,7-8H2. The Kier molecular flexibility index (Phi) is 3.83. The number of Topliss-reactive ketones (excluding diaryl/α,β-unsaturated/α-hetero) is 1. The molecule has 3 rings (SSSR count). The molecule has 0 aromatic heterocycles. The van der Waals surface area contributed by atoms with Crippen molar-refractivity contribution in [3.05, 3.63) is 63.1 Å². The van der Waals surface area contributed by atoms with E-state index in [1.807, 2.05) is 6.07 Å². The van der Waals surface area contributed by atoms with Gasteiger partial charge >= 0.3 is 0 Å². The fourth-order valence-corrected chi connectivity index (χ4v) is 2.99. The van der Waals surface area contributed by atoms with Gasteiger partial charge in [-0.25, -0.2) is 0 Å². The minimum absolute atomic E-state index is 0.0648. The number of amides is 1. The van der Waals surface area contributed by atoms with Gasteiger partial charge in [0.1, 0.15) is 0 Å². The van der Waals surface area contributed by atoms with Crippen molar-refractivity contribution in [1.82, 2.24) is 0 Å². The molecule has 0 saturated heterocycles. The predicted molar refractivity (Wildman–Crippen MR) is 86.2 cm³/mol. The monoisotopic (exact) mass is 363 g/mol. The van der Waals surface area contributed by atoms with Crippen LogP contribution in [0.25, 0.3) is 0 Å². The van der Waals surface area contributed by atoms with Gasteiger partial charge in [-0.1, -0.05) is 39.7 Å². The van der Waals surface area contributed by atoms with Crippen molar-refractivity contribution in [3.63, 3.8) is 0 Å². The van der Waals surface area contributed by atoms with Gasteiger partial charge in [0.15, 0.2) is 5.78 Å². The van der Waals surface area contributed by atoms with E-state index < -0.39 is 0 Å². The van der Waals surface area contributed by atoms with Gasteiger partial charge in [-0.2, -0.15) is 0 Å². The largest absolute Gasteiger partial charge is 0.307 e. The van der Waals surface area contributed by atoms with Crippen molar-refractivity contribution in [3.8, 4) is 0 Å². The highest BCUT2D eigenvalue weighted by Crippen LogP contribution is 2.30. The van der Waals surface area contributed by atoms with Gasteiger partial charge in [-0.15, -0.1) is 0 Å². The van der Waals surface area contributed by atoms with Crippen LogP contribution < -0.4 is 4.90 Å². The van der Waals surface area contributed by atoms with Crippen LogP contribution in [0, 0.1) is 0 Å². The third-order valence-corrected chi connectivity index (χ3v) is 4.28. The Labute approximate surface area is 135 Å². The summed E-state index contributed by atoms with van der Waals surface area (Å²) in [6.45, 7) is 0.373. The first kappa shape index (κ1) is 14.3. The molecule has 3 nitrogen and oxygen atoms in total. The molecular formula is C16H11BrClNO2. The summed E-state index contributed by atoms with van der Waals surface area (Å²) in [5.41, 5.74) is 1.66. The lowest BCUT2D eigenvalue weighted by Gasteiger charge is -2.29. The third-order valence-electron chi connectivity index (χ3n) is 3.46. The maximum Gasteiger partial charge on any atom is 0.259 e. The van der Waals surface area contributed by atoms with Crippen LogP contribution in [0.15, 0.2) is 46.9 Å². The number of halogens is 2. The molecule has 1 heterocycles. The minimum Gasteiger partial charge on any atom is -0.307 e. The zero-order valence-electron chi connectivity index (χ0n) is 11.0. The van der Waals surface area contributed by atoms with E-state index in [0.717, 1.165) is 4.47 Å². The fourth-order valence-electron chi connectivity index (χ4n) is 2.43. The van der Waals surface area contributed by atoms with Crippen LogP contribution in [-0.2, 0) is 0 Å². The molecule has 0 radical (unpaired) electrons. The van der Waals surface area contributed by atoms with E-state index in [-0.39, 0.29) is 11.7 Å². The second-order valence-electron chi connectivity index (χ2n) is 4.77. The Balaban J connectivity index is 2.05. The third kappa shape index (κ3) is 2.61. The Hall–Kier alpha value is -1.65. The van der Waals surface area contributed by atoms with E-state index in [9.17, 15) is 9.59 Å². The quantitative estimate of drug-likeness (QED) is 0.755. The van der Waals surface area contributed by atoms with Crippen molar-refractivity contribution < 1.29 is 9.59 Å². The zero-order valence-corrected chi connectivity index (χ0v) is 13.3. The van der Waals surface area contributed by atoms with Crippen molar-refractivity contribution in [1.29, 1.82) is 0 Å². The molecule has 2 aromatic carbocycles. The van der Waals surface area contributed by atoms with Crippen molar-refractivity contribution >= 4 is 44.9 Å². The summed E-state index contributed by atoms with van der Waals surface area (Å²) < 4.78 is 0.789. The van der Waals surface area contributed by atoms with Gasteiger partial charge < -0.3 is 4.90 Å². The van der Waals surface area contributed by atoms with E-state index in [4.69, 9.17) is 11.6 Å². The number of carbonyl (C=O) groups excluding carboxylic acids is 2. The fraction of sp³-hybridized carbons (Fsp3) is 0.125. The number of hydrogen-bond acceptors (Lipinski definition) is 2. The summed E-state index contributed by atoms with van der Waals surface area (Å²) in [5, 5.41) is 0.401. The molecule has 0 aliphatic carbocycles. The number of rotatable bonds is 1. The van der Waals surface area contributed by atoms with Crippen molar-refractivity contribution in [2.24, 2.45) is 0 Å². The molecule has 21 heavy (non-hydrogen) atoms. The summed E-state index contributed by atoms with van der Waals surface area (Å²) in [6.07, 6.45) is 0.328. The summed E-state index contributed by atoms with van der Waals surface area (Å²) >= 11 is 9.48. The number of ketones is 1. The lowest BCUT2D eigenvalue weighted by atomic mass is 9.99. The van der Waals surface area contributed by atoms with Gasteiger partial charge in [0.2, 0.25) is 0 Å². The Morgan fingerprint density at radius 3 is 2.76 bits per heavy atom. The van der Waals surface area contributed by atoms with E-state index in [1.165, 1.54) is 0 Å². The lowest BCUT2D eigenvalue weighted by molar-refractivity contribution is 0.0955. The SMILES string of the molecule is O=C1CCN(C(=O)c2cc(Br)ccc2Cl)c2ccccc21. The van der Waals surface area contributed by atoms with Gasteiger partial charge in [0.05, 0.1) is 16.3 Å². The molecule has 0 bridgehead atoms. The van der Waals surface area contributed by atoms with Crippen LogP contribution >= 0.6 is 27.5 Å². The molecule has 0 spiro atoms. The normalized spacial score (nSPS) is 14.0.